The normalized spacial score (nSPS) is 20.0. The van der Waals surface area contributed by atoms with Crippen LogP contribution < -0.4 is 20.2 Å². The summed E-state index contributed by atoms with van der Waals surface area (Å²) < 4.78 is 51.0. The molecule has 0 amide bonds. The average molecular weight is 717 g/mol. The molecule has 2 aliphatic rings. The highest BCUT2D eigenvalue weighted by Gasteiger charge is 2.45. The molecule has 2 saturated heterocycles. The summed E-state index contributed by atoms with van der Waals surface area (Å²) >= 11 is 0. The minimum atomic E-state index is -1.24. The summed E-state index contributed by atoms with van der Waals surface area (Å²) in [7, 11) is 0. The molecule has 3 aromatic carbocycles. The van der Waals surface area contributed by atoms with E-state index in [0.717, 1.165) is 43.6 Å². The molecule has 0 aliphatic carbocycles. The molecule has 5 aromatic rings. The van der Waals surface area contributed by atoms with Gasteiger partial charge in [-0.2, -0.15) is 10.2 Å². The van der Waals surface area contributed by atoms with E-state index in [1.54, 1.807) is 0 Å². The van der Waals surface area contributed by atoms with Crippen molar-refractivity contribution in [1.29, 1.82) is 0 Å². The maximum absolute atomic E-state index is 14.9. The van der Waals surface area contributed by atoms with E-state index >= 15 is 0 Å². The van der Waals surface area contributed by atoms with Gasteiger partial charge in [0.15, 0.2) is 6.29 Å². The van der Waals surface area contributed by atoms with Crippen molar-refractivity contribution >= 4 is 11.4 Å². The minimum Gasteiger partial charge on any atom is -0.488 e. The Balaban J connectivity index is 0.914. The van der Waals surface area contributed by atoms with Crippen LogP contribution in [-0.2, 0) is 28.2 Å². The van der Waals surface area contributed by atoms with E-state index in [-0.39, 0.29) is 43.0 Å². The number of hydrogen-bond donors (Lipinski definition) is 1. The largest absolute Gasteiger partial charge is 0.488 e. The summed E-state index contributed by atoms with van der Waals surface area (Å²) in [6, 6.07) is 19.0. The quantitative estimate of drug-likeness (QED) is 0.215. The van der Waals surface area contributed by atoms with Crippen molar-refractivity contribution in [3.8, 4) is 11.4 Å². The summed E-state index contributed by atoms with van der Waals surface area (Å²) in [5.41, 5.74) is 1.13. The maximum Gasteiger partial charge on any atom is 0.350 e. The molecule has 0 spiro atoms. The van der Waals surface area contributed by atoms with E-state index in [4.69, 9.17) is 14.2 Å². The van der Waals surface area contributed by atoms with Crippen LogP contribution in [0.3, 0.4) is 0 Å². The van der Waals surface area contributed by atoms with Crippen molar-refractivity contribution in [2.24, 2.45) is 5.41 Å². The third kappa shape index (κ3) is 7.56. The molecule has 274 valence electrons. The lowest BCUT2D eigenvalue weighted by Crippen LogP contribution is -2.46. The zero-order valence-corrected chi connectivity index (χ0v) is 29.3. The number of aromatic nitrogens is 6. The second-order valence-corrected chi connectivity index (χ2v) is 14.2. The summed E-state index contributed by atoms with van der Waals surface area (Å²) in [6.07, 6.45) is 2.88. The summed E-state index contributed by atoms with van der Waals surface area (Å²) in [5, 5.41) is 18.8. The number of ether oxygens (including phenoxy) is 3. The van der Waals surface area contributed by atoms with Crippen molar-refractivity contribution in [3.05, 3.63) is 113 Å². The standard InChI is InChI=1S/C37H42F2N8O5/c1-36(2,3)33(48)19-47-35(49)46(25-42-47)29-7-5-27(6-8-29)43-14-16-44(17-15-43)28-9-11-30(12-10-28)50-20-34-51-22-37(52-34,21-45-24-40-23-41-45)31-13-4-26(38)18-32(31)39/h4-13,18,23-25,33-34,48H,14-17,19-22H2,1-3H3/t33?,34-,37+/m0/s1. The number of aliphatic hydroxyl groups is 1. The molecule has 2 fully saturated rings. The average Bonchev–Trinajstić information content (AvgIpc) is 3.89. The maximum atomic E-state index is 14.9. The van der Waals surface area contributed by atoms with Crippen molar-refractivity contribution in [1.82, 2.24) is 29.1 Å². The number of hydrogen-bond acceptors (Lipinski definition) is 10. The van der Waals surface area contributed by atoms with Gasteiger partial charge in [0.25, 0.3) is 0 Å². The van der Waals surface area contributed by atoms with Crippen LogP contribution in [0.4, 0.5) is 20.2 Å². The Hall–Kier alpha value is -5.12. The van der Waals surface area contributed by atoms with Gasteiger partial charge in [-0.1, -0.05) is 26.8 Å². The molecule has 4 heterocycles. The van der Waals surface area contributed by atoms with Crippen LogP contribution in [-0.4, -0.2) is 86.0 Å². The zero-order chi connectivity index (χ0) is 36.5. The number of aliphatic hydroxyl groups excluding tert-OH is 1. The molecule has 0 saturated carbocycles. The fraction of sp³-hybridized carbons (Fsp3) is 0.405. The molecule has 0 radical (unpaired) electrons. The Morgan fingerprint density at radius 3 is 2.19 bits per heavy atom. The van der Waals surface area contributed by atoms with E-state index in [1.165, 1.54) is 45.0 Å². The predicted octanol–water partition coefficient (Wildman–Crippen LogP) is 3.98. The smallest absolute Gasteiger partial charge is 0.350 e. The molecule has 1 unspecified atom stereocenters. The van der Waals surface area contributed by atoms with E-state index in [0.29, 0.717) is 11.4 Å². The number of piperazine rings is 1. The molecule has 15 heteroatoms. The first-order chi connectivity index (χ1) is 25.0. The van der Waals surface area contributed by atoms with E-state index in [1.807, 2.05) is 69.3 Å². The van der Waals surface area contributed by atoms with Crippen molar-refractivity contribution < 1.29 is 28.1 Å². The lowest BCUT2D eigenvalue weighted by atomic mass is 9.89. The van der Waals surface area contributed by atoms with Crippen LogP contribution in [0.1, 0.15) is 26.3 Å². The molecule has 2 aromatic heterocycles. The highest BCUT2D eigenvalue weighted by molar-refractivity contribution is 5.54. The first-order valence-electron chi connectivity index (χ1n) is 17.2. The van der Waals surface area contributed by atoms with E-state index in [9.17, 15) is 18.7 Å². The highest BCUT2D eigenvalue weighted by atomic mass is 19.1. The van der Waals surface area contributed by atoms with Crippen LogP contribution in [0.15, 0.2) is 90.5 Å². The second-order valence-electron chi connectivity index (χ2n) is 14.2. The topological polar surface area (TPSA) is 125 Å². The highest BCUT2D eigenvalue weighted by Crippen LogP contribution is 2.37. The molecule has 0 bridgehead atoms. The molecule has 13 nitrogen and oxygen atoms in total. The minimum absolute atomic E-state index is 0.0216. The van der Waals surface area contributed by atoms with Gasteiger partial charge in [-0.3, -0.25) is 0 Å². The summed E-state index contributed by atoms with van der Waals surface area (Å²) in [4.78, 5) is 21.5. The van der Waals surface area contributed by atoms with Crippen molar-refractivity contribution in [3.63, 3.8) is 0 Å². The first kappa shape index (κ1) is 35.3. The van der Waals surface area contributed by atoms with Gasteiger partial charge in [0.05, 0.1) is 31.5 Å². The third-order valence-corrected chi connectivity index (χ3v) is 9.60. The van der Waals surface area contributed by atoms with Gasteiger partial charge < -0.3 is 29.1 Å². The Bertz CT molecular complexity index is 2010. The van der Waals surface area contributed by atoms with Crippen LogP contribution >= 0.6 is 0 Å². The van der Waals surface area contributed by atoms with Gasteiger partial charge in [-0.25, -0.2) is 32.5 Å². The summed E-state index contributed by atoms with van der Waals surface area (Å²) in [6.45, 7) is 9.40. The third-order valence-electron chi connectivity index (χ3n) is 9.60. The van der Waals surface area contributed by atoms with Crippen molar-refractivity contribution in [2.45, 2.75) is 51.9 Å². The molecular formula is C37H42F2N8O5. The fourth-order valence-corrected chi connectivity index (χ4v) is 6.42. The van der Waals surface area contributed by atoms with E-state index < -0.39 is 29.6 Å². The van der Waals surface area contributed by atoms with Gasteiger partial charge >= 0.3 is 5.69 Å². The number of benzene rings is 3. The van der Waals surface area contributed by atoms with E-state index in [2.05, 4.69) is 25.0 Å². The van der Waals surface area contributed by atoms with Crippen LogP contribution in [0.2, 0.25) is 0 Å². The molecule has 52 heavy (non-hydrogen) atoms. The van der Waals surface area contributed by atoms with Gasteiger partial charge in [-0.05, 0) is 60.0 Å². The monoisotopic (exact) mass is 716 g/mol. The second kappa shape index (κ2) is 14.5. The van der Waals surface area contributed by atoms with Gasteiger partial charge in [0, 0.05) is 49.2 Å². The Kier molecular flexibility index (Phi) is 9.83. The SMILES string of the molecule is CC(C)(C)C(O)Cn1ncn(-c2ccc(N3CCN(c4ccc(OC[C@H]5OC[C@](Cn6cncn6)(c6ccc(F)cc6F)O5)cc4)CC3)cc2)c1=O. The molecular weight excluding hydrogens is 674 g/mol. The van der Waals surface area contributed by atoms with Gasteiger partial charge in [0.2, 0.25) is 0 Å². The Labute approximate surface area is 299 Å². The van der Waals surface area contributed by atoms with Crippen LogP contribution in [0.5, 0.6) is 5.75 Å². The number of rotatable bonds is 11. The molecule has 3 atom stereocenters. The summed E-state index contributed by atoms with van der Waals surface area (Å²) in [5.74, 6) is -0.777. The van der Waals surface area contributed by atoms with Gasteiger partial charge in [0.1, 0.15) is 48.6 Å². The molecule has 2 aliphatic heterocycles. The first-order valence-corrected chi connectivity index (χ1v) is 17.2. The molecule has 7 rings (SSSR count). The lowest BCUT2D eigenvalue weighted by Gasteiger charge is -2.37. The van der Waals surface area contributed by atoms with Crippen molar-refractivity contribution in [2.75, 3.05) is 49.2 Å². The van der Waals surface area contributed by atoms with Crippen LogP contribution in [0.25, 0.3) is 5.69 Å². The molecule has 1 N–H and O–H groups in total. The number of anilines is 2. The fourth-order valence-electron chi connectivity index (χ4n) is 6.42. The number of halogens is 2. The Morgan fingerprint density at radius 1 is 0.923 bits per heavy atom. The zero-order valence-electron chi connectivity index (χ0n) is 29.3. The predicted molar refractivity (Wildman–Crippen MR) is 189 cm³/mol. The van der Waals surface area contributed by atoms with Gasteiger partial charge in [-0.15, -0.1) is 0 Å². The number of nitrogens with zero attached hydrogens (tertiary/aromatic N) is 8. The lowest BCUT2D eigenvalue weighted by molar-refractivity contribution is -0.117. The Morgan fingerprint density at radius 2 is 1.58 bits per heavy atom. The van der Waals surface area contributed by atoms with Crippen LogP contribution in [0, 0.1) is 17.0 Å².